The highest BCUT2D eigenvalue weighted by Crippen LogP contribution is 2.25. The number of thiophene rings is 1. The summed E-state index contributed by atoms with van der Waals surface area (Å²) in [6, 6.07) is 1.44. The Labute approximate surface area is 65.8 Å². The lowest BCUT2D eigenvalue weighted by Gasteiger charge is -1.90. The molecule has 0 aliphatic rings. The van der Waals surface area contributed by atoms with Crippen LogP contribution in [0.4, 0.5) is 4.79 Å². The van der Waals surface area contributed by atoms with E-state index < -0.39 is 6.16 Å². The Balaban J connectivity index is 2.67. The molecular formula is C5H3ClO3S. The van der Waals surface area contributed by atoms with Crippen molar-refractivity contribution in [2.24, 2.45) is 0 Å². The van der Waals surface area contributed by atoms with Crippen LogP contribution < -0.4 is 4.74 Å². The van der Waals surface area contributed by atoms with Gasteiger partial charge in [0, 0.05) is 11.4 Å². The van der Waals surface area contributed by atoms with E-state index >= 15 is 0 Å². The monoisotopic (exact) mass is 178 g/mol. The van der Waals surface area contributed by atoms with Crippen molar-refractivity contribution in [3.63, 3.8) is 0 Å². The maximum Gasteiger partial charge on any atom is 0.511 e. The second-order valence-electron chi connectivity index (χ2n) is 1.45. The van der Waals surface area contributed by atoms with Crippen LogP contribution in [0.2, 0.25) is 4.34 Å². The lowest BCUT2D eigenvalue weighted by molar-refractivity contribution is 0.144. The first-order valence-corrected chi connectivity index (χ1v) is 3.59. The highest BCUT2D eigenvalue weighted by molar-refractivity contribution is 7.14. The van der Waals surface area contributed by atoms with Gasteiger partial charge in [0.05, 0.1) is 4.34 Å². The second kappa shape index (κ2) is 2.90. The molecule has 0 aliphatic heterocycles. The van der Waals surface area contributed by atoms with Gasteiger partial charge >= 0.3 is 6.16 Å². The number of carboxylic acid groups (broad SMARTS) is 1. The molecule has 5 heteroatoms. The SMILES string of the molecule is O=C(O)Oc1csc(Cl)c1. The molecule has 0 saturated heterocycles. The van der Waals surface area contributed by atoms with Gasteiger partial charge in [-0.25, -0.2) is 4.79 Å². The van der Waals surface area contributed by atoms with E-state index in [1.54, 1.807) is 0 Å². The first-order chi connectivity index (χ1) is 4.68. The van der Waals surface area contributed by atoms with Crippen LogP contribution in [-0.2, 0) is 0 Å². The van der Waals surface area contributed by atoms with Crippen molar-refractivity contribution >= 4 is 29.1 Å². The van der Waals surface area contributed by atoms with E-state index in [2.05, 4.69) is 4.74 Å². The van der Waals surface area contributed by atoms with Gasteiger partial charge < -0.3 is 9.84 Å². The molecule has 1 heterocycles. The summed E-state index contributed by atoms with van der Waals surface area (Å²) in [5, 5.41) is 9.64. The zero-order valence-corrected chi connectivity index (χ0v) is 6.28. The van der Waals surface area contributed by atoms with Crippen molar-refractivity contribution in [2.45, 2.75) is 0 Å². The summed E-state index contributed by atoms with van der Waals surface area (Å²) in [5.41, 5.74) is 0. The van der Waals surface area contributed by atoms with Crippen molar-refractivity contribution < 1.29 is 14.6 Å². The Hall–Kier alpha value is -0.740. The number of rotatable bonds is 1. The normalized spacial score (nSPS) is 9.30. The molecule has 3 nitrogen and oxygen atoms in total. The van der Waals surface area contributed by atoms with Gasteiger partial charge in [-0.2, -0.15) is 0 Å². The molecule has 0 bridgehead atoms. The molecule has 0 spiro atoms. The third kappa shape index (κ3) is 1.89. The molecule has 0 fully saturated rings. The molecular weight excluding hydrogens is 176 g/mol. The molecule has 0 aliphatic carbocycles. The highest BCUT2D eigenvalue weighted by Gasteiger charge is 2.01. The first kappa shape index (κ1) is 7.37. The molecule has 0 aromatic carbocycles. The smallest absolute Gasteiger partial charge is 0.449 e. The quantitative estimate of drug-likeness (QED) is 0.672. The van der Waals surface area contributed by atoms with E-state index in [0.717, 1.165) is 0 Å². The summed E-state index contributed by atoms with van der Waals surface area (Å²) in [6.07, 6.45) is -1.32. The highest BCUT2D eigenvalue weighted by atomic mass is 35.5. The van der Waals surface area contributed by atoms with Gasteiger partial charge in [-0.1, -0.05) is 11.6 Å². The van der Waals surface area contributed by atoms with Crippen molar-refractivity contribution in [2.75, 3.05) is 0 Å². The third-order valence-corrected chi connectivity index (χ3v) is 1.82. The zero-order chi connectivity index (χ0) is 7.56. The van der Waals surface area contributed by atoms with Crippen LogP contribution in [-0.4, -0.2) is 11.3 Å². The van der Waals surface area contributed by atoms with E-state index in [4.69, 9.17) is 16.7 Å². The fourth-order valence-corrected chi connectivity index (χ4v) is 1.22. The van der Waals surface area contributed by atoms with E-state index in [0.29, 0.717) is 4.34 Å². The number of hydrogen-bond donors (Lipinski definition) is 1. The van der Waals surface area contributed by atoms with Crippen molar-refractivity contribution in [1.82, 2.24) is 0 Å². The average Bonchev–Trinajstić information content (AvgIpc) is 2.13. The van der Waals surface area contributed by atoms with Crippen LogP contribution in [0.5, 0.6) is 5.75 Å². The molecule has 10 heavy (non-hydrogen) atoms. The summed E-state index contributed by atoms with van der Waals surface area (Å²) in [7, 11) is 0. The standard InChI is InChI=1S/C5H3ClO3S/c6-4-1-3(2-10-4)9-5(7)8/h1-2H,(H,7,8). The minimum Gasteiger partial charge on any atom is -0.449 e. The summed E-state index contributed by atoms with van der Waals surface area (Å²) in [6.45, 7) is 0. The number of carbonyl (C=O) groups is 1. The molecule has 54 valence electrons. The van der Waals surface area contributed by atoms with Crippen molar-refractivity contribution in [3.8, 4) is 5.75 Å². The maximum atomic E-state index is 9.92. The molecule has 1 rings (SSSR count). The second-order valence-corrected chi connectivity index (χ2v) is 3.00. The molecule has 0 atom stereocenters. The van der Waals surface area contributed by atoms with Gasteiger partial charge in [0.25, 0.3) is 0 Å². The van der Waals surface area contributed by atoms with Crippen LogP contribution in [0, 0.1) is 0 Å². The number of halogens is 1. The Kier molecular flexibility index (Phi) is 2.13. The fraction of sp³-hybridized carbons (Fsp3) is 0. The predicted molar refractivity (Wildman–Crippen MR) is 38.0 cm³/mol. The van der Waals surface area contributed by atoms with E-state index in [1.165, 1.54) is 22.8 Å². The zero-order valence-electron chi connectivity index (χ0n) is 4.70. The molecule has 1 aromatic rings. The number of ether oxygens (including phenoxy) is 1. The lowest BCUT2D eigenvalue weighted by atomic mass is 10.6. The molecule has 0 radical (unpaired) electrons. The Morgan fingerprint density at radius 1 is 1.80 bits per heavy atom. The van der Waals surface area contributed by atoms with Crippen LogP contribution in [0.3, 0.4) is 0 Å². The van der Waals surface area contributed by atoms with E-state index in [-0.39, 0.29) is 5.75 Å². The Morgan fingerprint density at radius 2 is 2.50 bits per heavy atom. The largest absolute Gasteiger partial charge is 0.511 e. The lowest BCUT2D eigenvalue weighted by Crippen LogP contribution is -2.01. The van der Waals surface area contributed by atoms with Crippen molar-refractivity contribution in [3.05, 3.63) is 15.8 Å². The Morgan fingerprint density at radius 3 is 2.90 bits per heavy atom. The summed E-state index contributed by atoms with van der Waals surface area (Å²) < 4.78 is 4.79. The topological polar surface area (TPSA) is 46.5 Å². The summed E-state index contributed by atoms with van der Waals surface area (Å²) in [5.74, 6) is 0.266. The van der Waals surface area contributed by atoms with Gasteiger partial charge in [-0.15, -0.1) is 11.3 Å². The van der Waals surface area contributed by atoms with Crippen LogP contribution in [0.15, 0.2) is 11.4 Å². The molecule has 0 unspecified atom stereocenters. The summed E-state index contributed by atoms with van der Waals surface area (Å²) in [4.78, 5) is 9.92. The van der Waals surface area contributed by atoms with Crippen molar-refractivity contribution in [1.29, 1.82) is 0 Å². The molecule has 1 N–H and O–H groups in total. The van der Waals surface area contributed by atoms with Gasteiger partial charge in [0.1, 0.15) is 5.75 Å². The number of hydrogen-bond acceptors (Lipinski definition) is 3. The fourth-order valence-electron chi connectivity index (χ4n) is 0.449. The van der Waals surface area contributed by atoms with E-state index in [9.17, 15) is 4.79 Å². The van der Waals surface area contributed by atoms with Gasteiger partial charge in [0.15, 0.2) is 0 Å². The van der Waals surface area contributed by atoms with Crippen LogP contribution in [0.25, 0.3) is 0 Å². The van der Waals surface area contributed by atoms with Crippen LogP contribution in [0.1, 0.15) is 0 Å². The predicted octanol–water partition coefficient (Wildman–Crippen LogP) is 2.46. The minimum absolute atomic E-state index is 0.266. The van der Waals surface area contributed by atoms with E-state index in [1.807, 2.05) is 0 Å². The summed E-state index contributed by atoms with van der Waals surface area (Å²) >= 11 is 6.71. The maximum absolute atomic E-state index is 9.92. The first-order valence-electron chi connectivity index (χ1n) is 2.33. The van der Waals surface area contributed by atoms with Gasteiger partial charge in [-0.05, 0) is 0 Å². The Bertz CT molecular complexity index is 245. The van der Waals surface area contributed by atoms with Gasteiger partial charge in [0.2, 0.25) is 0 Å². The molecule has 0 saturated carbocycles. The van der Waals surface area contributed by atoms with Gasteiger partial charge in [-0.3, -0.25) is 0 Å². The minimum atomic E-state index is -1.32. The van der Waals surface area contributed by atoms with Crippen LogP contribution >= 0.6 is 22.9 Å². The molecule has 1 aromatic heterocycles. The molecule has 0 amide bonds. The average molecular weight is 179 g/mol. The third-order valence-electron chi connectivity index (χ3n) is 0.749.